The van der Waals surface area contributed by atoms with Crippen molar-refractivity contribution >= 4 is 34.8 Å². The summed E-state index contributed by atoms with van der Waals surface area (Å²) in [6.45, 7) is 9.97. The molecule has 0 aliphatic heterocycles. The predicted octanol–water partition coefficient (Wildman–Crippen LogP) is 7.42. The van der Waals surface area contributed by atoms with E-state index in [1.807, 2.05) is 18.2 Å². The van der Waals surface area contributed by atoms with Crippen molar-refractivity contribution in [3.63, 3.8) is 0 Å². The van der Waals surface area contributed by atoms with Gasteiger partial charge in [0.25, 0.3) is 5.91 Å². The number of hydrogen-bond acceptors (Lipinski definition) is 4. The molecule has 0 aromatic heterocycles. The Hall–Kier alpha value is -2.73. The summed E-state index contributed by atoms with van der Waals surface area (Å²) in [4.78, 5) is 15.3. The Morgan fingerprint density at radius 3 is 2.20 bits per heavy atom. The Labute approximate surface area is 217 Å². The molecule has 0 bridgehead atoms. The lowest BCUT2D eigenvalue weighted by molar-refractivity contribution is 0.102. The number of amides is 1. The first-order valence-electron chi connectivity index (χ1n) is 11.6. The Balaban J connectivity index is 1.72. The zero-order valence-electron chi connectivity index (χ0n) is 20.8. The molecule has 0 heterocycles. The second-order valence-electron chi connectivity index (χ2n) is 8.77. The maximum atomic E-state index is 12.9. The lowest BCUT2D eigenvalue weighted by atomic mass is 10.0. The topological polar surface area (TPSA) is 50.8 Å². The lowest BCUT2D eigenvalue weighted by Gasteiger charge is -2.30. The molecule has 0 radical (unpaired) electrons. The third kappa shape index (κ3) is 6.91. The van der Waals surface area contributed by atoms with Crippen LogP contribution < -0.4 is 14.8 Å². The van der Waals surface area contributed by atoms with Crippen LogP contribution in [0.1, 0.15) is 38.1 Å². The number of halogens is 2. The molecular formula is C28H32Cl2N2O3. The van der Waals surface area contributed by atoms with E-state index in [1.165, 1.54) is 0 Å². The summed E-state index contributed by atoms with van der Waals surface area (Å²) in [5, 5.41) is 3.96. The van der Waals surface area contributed by atoms with Gasteiger partial charge in [-0.15, -0.1) is 0 Å². The fourth-order valence-corrected chi connectivity index (χ4v) is 4.52. The second kappa shape index (κ2) is 12.3. The fourth-order valence-electron chi connectivity index (χ4n) is 4.00. The third-order valence-electron chi connectivity index (χ3n) is 5.75. The number of carbonyl (C=O) groups excluding carboxylic acids is 1. The number of ether oxygens (including phenoxy) is 2. The summed E-state index contributed by atoms with van der Waals surface area (Å²) in [5.41, 5.74) is 2.62. The molecule has 0 saturated carbocycles. The molecule has 7 heteroatoms. The molecule has 5 nitrogen and oxygen atoms in total. The highest BCUT2D eigenvalue weighted by molar-refractivity contribution is 6.36. The van der Waals surface area contributed by atoms with E-state index in [9.17, 15) is 4.79 Å². The first-order chi connectivity index (χ1) is 16.7. The molecule has 1 N–H and O–H groups in total. The molecule has 3 aromatic rings. The largest absolute Gasteiger partial charge is 0.493 e. The molecule has 1 amide bonds. The molecule has 3 rings (SSSR count). The van der Waals surface area contributed by atoms with Gasteiger partial charge in [-0.25, -0.2) is 0 Å². The van der Waals surface area contributed by atoms with Crippen molar-refractivity contribution in [3.05, 3.63) is 76.3 Å². The standard InChI is InChI=1S/C28H32Cl2N2O3/c1-18(2)32(19(3)4)14-15-35-27-17-21(11-13-26(27)34-5)31-28(33)20-10-12-23(25(30)16-20)22-8-6-7-9-24(22)29/h6-13,16-19H,14-15H2,1-5H3,(H,31,33). The Kier molecular flexibility index (Phi) is 9.44. The highest BCUT2D eigenvalue weighted by Crippen LogP contribution is 2.34. The summed E-state index contributed by atoms with van der Waals surface area (Å²) in [5.74, 6) is 0.903. The summed E-state index contributed by atoms with van der Waals surface area (Å²) in [6.07, 6.45) is 0. The Bertz CT molecular complexity index is 1160. The summed E-state index contributed by atoms with van der Waals surface area (Å²) in [7, 11) is 1.59. The summed E-state index contributed by atoms with van der Waals surface area (Å²) >= 11 is 12.8. The van der Waals surface area contributed by atoms with Crippen LogP contribution in [0.15, 0.2) is 60.7 Å². The van der Waals surface area contributed by atoms with Crippen molar-refractivity contribution in [3.8, 4) is 22.6 Å². The van der Waals surface area contributed by atoms with E-state index in [-0.39, 0.29) is 5.91 Å². The summed E-state index contributed by atoms with van der Waals surface area (Å²) in [6, 6.07) is 18.8. The number of anilines is 1. The van der Waals surface area contributed by atoms with Gasteiger partial charge in [-0.1, -0.05) is 47.5 Å². The van der Waals surface area contributed by atoms with Gasteiger partial charge in [0.05, 0.1) is 7.11 Å². The highest BCUT2D eigenvalue weighted by Gasteiger charge is 2.16. The highest BCUT2D eigenvalue weighted by atomic mass is 35.5. The maximum absolute atomic E-state index is 12.9. The van der Waals surface area contributed by atoms with Gasteiger partial charge in [0.2, 0.25) is 0 Å². The smallest absolute Gasteiger partial charge is 0.255 e. The molecule has 0 atom stereocenters. The number of hydrogen-bond donors (Lipinski definition) is 1. The average Bonchev–Trinajstić information content (AvgIpc) is 2.82. The number of nitrogens with zero attached hydrogens (tertiary/aromatic N) is 1. The number of methoxy groups -OCH3 is 1. The van der Waals surface area contributed by atoms with Gasteiger partial charge in [0.1, 0.15) is 6.61 Å². The minimum absolute atomic E-state index is 0.278. The van der Waals surface area contributed by atoms with Crippen molar-refractivity contribution in [2.75, 3.05) is 25.6 Å². The van der Waals surface area contributed by atoms with Gasteiger partial charge in [0.15, 0.2) is 11.5 Å². The van der Waals surface area contributed by atoms with Gasteiger partial charge in [0, 0.05) is 57.1 Å². The van der Waals surface area contributed by atoms with Gasteiger partial charge >= 0.3 is 0 Å². The minimum Gasteiger partial charge on any atom is -0.493 e. The number of nitrogens with one attached hydrogen (secondary N) is 1. The van der Waals surface area contributed by atoms with Crippen LogP contribution in [0.2, 0.25) is 10.0 Å². The average molecular weight is 515 g/mol. The van der Waals surface area contributed by atoms with Gasteiger partial charge < -0.3 is 14.8 Å². The molecule has 35 heavy (non-hydrogen) atoms. The van der Waals surface area contributed by atoms with Crippen LogP contribution in [0.5, 0.6) is 11.5 Å². The third-order valence-corrected chi connectivity index (χ3v) is 6.39. The quantitative estimate of drug-likeness (QED) is 0.305. The van der Waals surface area contributed by atoms with Crippen molar-refractivity contribution < 1.29 is 14.3 Å². The Morgan fingerprint density at radius 2 is 1.57 bits per heavy atom. The monoisotopic (exact) mass is 514 g/mol. The number of carbonyl (C=O) groups is 1. The molecule has 3 aromatic carbocycles. The maximum Gasteiger partial charge on any atom is 0.255 e. The molecule has 0 aliphatic carbocycles. The van der Waals surface area contributed by atoms with E-state index in [1.54, 1.807) is 49.6 Å². The first-order valence-corrected chi connectivity index (χ1v) is 12.4. The molecular weight excluding hydrogens is 483 g/mol. The van der Waals surface area contributed by atoms with Gasteiger partial charge in [-0.05, 0) is 58.0 Å². The lowest BCUT2D eigenvalue weighted by Crippen LogP contribution is -2.39. The van der Waals surface area contributed by atoms with Gasteiger partial charge in [-0.2, -0.15) is 0 Å². The SMILES string of the molecule is COc1ccc(NC(=O)c2ccc(-c3ccccc3Cl)c(Cl)c2)cc1OCCN(C(C)C)C(C)C. The van der Waals surface area contributed by atoms with Crippen molar-refractivity contribution in [2.24, 2.45) is 0 Å². The van der Waals surface area contributed by atoms with Crippen LogP contribution in [0.3, 0.4) is 0 Å². The van der Waals surface area contributed by atoms with E-state index >= 15 is 0 Å². The van der Waals surface area contributed by atoms with Crippen molar-refractivity contribution in [1.29, 1.82) is 0 Å². The second-order valence-corrected chi connectivity index (χ2v) is 9.58. The van der Waals surface area contributed by atoms with Crippen LogP contribution >= 0.6 is 23.2 Å². The Morgan fingerprint density at radius 1 is 0.886 bits per heavy atom. The van der Waals surface area contributed by atoms with Gasteiger partial charge in [-0.3, -0.25) is 9.69 Å². The predicted molar refractivity (Wildman–Crippen MR) is 145 cm³/mol. The van der Waals surface area contributed by atoms with E-state index in [0.29, 0.717) is 51.5 Å². The normalized spacial score (nSPS) is 11.3. The zero-order chi connectivity index (χ0) is 25.5. The van der Waals surface area contributed by atoms with E-state index in [0.717, 1.165) is 17.7 Å². The van der Waals surface area contributed by atoms with E-state index in [2.05, 4.69) is 37.9 Å². The van der Waals surface area contributed by atoms with Crippen LogP contribution in [0.4, 0.5) is 5.69 Å². The van der Waals surface area contributed by atoms with Crippen LogP contribution in [-0.4, -0.2) is 43.2 Å². The minimum atomic E-state index is -0.278. The van der Waals surface area contributed by atoms with Crippen LogP contribution in [0.25, 0.3) is 11.1 Å². The number of rotatable bonds is 10. The van der Waals surface area contributed by atoms with Crippen molar-refractivity contribution in [2.45, 2.75) is 39.8 Å². The fraction of sp³-hybridized carbons (Fsp3) is 0.321. The van der Waals surface area contributed by atoms with Crippen LogP contribution in [0, 0.1) is 0 Å². The number of benzene rings is 3. The van der Waals surface area contributed by atoms with E-state index in [4.69, 9.17) is 32.7 Å². The van der Waals surface area contributed by atoms with Crippen molar-refractivity contribution in [1.82, 2.24) is 4.90 Å². The molecule has 0 fully saturated rings. The summed E-state index contributed by atoms with van der Waals surface area (Å²) < 4.78 is 11.5. The van der Waals surface area contributed by atoms with Crippen LogP contribution in [-0.2, 0) is 0 Å². The molecule has 0 spiro atoms. The molecule has 0 saturated heterocycles. The molecule has 0 aliphatic rings. The van der Waals surface area contributed by atoms with E-state index < -0.39 is 0 Å². The molecule has 0 unspecified atom stereocenters. The first kappa shape index (κ1) is 26.9. The molecule has 186 valence electrons. The zero-order valence-corrected chi connectivity index (χ0v) is 22.3.